The maximum absolute atomic E-state index is 12.6. The summed E-state index contributed by atoms with van der Waals surface area (Å²) in [5.41, 5.74) is 0.685. The Hall–Kier alpha value is -5.31. The fourth-order valence-electron chi connectivity index (χ4n) is 7.35. The zero-order chi connectivity index (χ0) is 46.1. The molecule has 0 bridgehead atoms. The van der Waals surface area contributed by atoms with Gasteiger partial charge in [-0.1, -0.05) is 18.2 Å². The van der Waals surface area contributed by atoms with E-state index >= 15 is 0 Å². The Balaban J connectivity index is 1.08. The molecule has 348 valence electrons. The predicted octanol–water partition coefficient (Wildman–Crippen LogP) is -1.91. The summed E-state index contributed by atoms with van der Waals surface area (Å²) < 4.78 is 46.2. The number of aromatic hydroxyl groups is 4. The number of phenolic OH excluding ortho intramolecular Hbond substituents is 4. The number of esters is 1. The van der Waals surface area contributed by atoms with E-state index in [1.807, 2.05) is 0 Å². The van der Waals surface area contributed by atoms with Gasteiger partial charge in [0.15, 0.2) is 30.0 Å². The van der Waals surface area contributed by atoms with Crippen LogP contribution in [0.15, 0.2) is 66.4 Å². The number of rotatable bonds is 12. The van der Waals surface area contributed by atoms with Crippen molar-refractivity contribution in [1.82, 2.24) is 0 Å². The second kappa shape index (κ2) is 19.4. The van der Waals surface area contributed by atoms with E-state index in [4.69, 9.17) is 37.9 Å². The van der Waals surface area contributed by atoms with Crippen LogP contribution in [0, 0.1) is 0 Å². The van der Waals surface area contributed by atoms with Crippen LogP contribution < -0.4 is 9.47 Å². The van der Waals surface area contributed by atoms with Crippen molar-refractivity contribution in [2.75, 3.05) is 13.2 Å². The van der Waals surface area contributed by atoms with Crippen molar-refractivity contribution in [2.24, 2.45) is 0 Å². The molecule has 3 aromatic rings. The second-order valence-electron chi connectivity index (χ2n) is 15.4. The van der Waals surface area contributed by atoms with Gasteiger partial charge in [0.05, 0.1) is 24.9 Å². The first-order valence-electron chi connectivity index (χ1n) is 19.9. The summed E-state index contributed by atoms with van der Waals surface area (Å²) in [7, 11) is 0. The largest absolute Gasteiger partial charge is 0.508 e. The lowest BCUT2D eigenvalue weighted by Crippen LogP contribution is -2.61. The Kier molecular flexibility index (Phi) is 14.2. The minimum absolute atomic E-state index is 0.0109. The van der Waals surface area contributed by atoms with E-state index in [0.29, 0.717) is 5.56 Å². The number of carbonyl (C=O) groups excluding carboxylic acids is 1. The summed E-state index contributed by atoms with van der Waals surface area (Å²) in [5, 5.41) is 136. The monoisotopic (exact) mass is 904 g/mol. The Morgan fingerprint density at radius 3 is 1.98 bits per heavy atom. The van der Waals surface area contributed by atoms with Gasteiger partial charge in [-0.3, -0.25) is 0 Å². The molecular formula is C42H48O22. The minimum atomic E-state index is -1.97. The number of benzene rings is 3. The van der Waals surface area contributed by atoms with Gasteiger partial charge in [-0.2, -0.15) is 0 Å². The molecule has 22 heteroatoms. The van der Waals surface area contributed by atoms with Crippen LogP contribution in [0.25, 0.3) is 12.2 Å². The topological polar surface area (TPSA) is 354 Å². The average molecular weight is 905 g/mol. The highest BCUT2D eigenvalue weighted by atomic mass is 16.7. The number of hydrogen-bond acceptors (Lipinski definition) is 22. The van der Waals surface area contributed by atoms with E-state index in [2.05, 4.69) is 0 Å². The number of hydrogen-bond donors (Lipinski definition) is 13. The SMILES string of the molecule is C[C@@H]1O[C@@H](OC[C@@H]2O[C@@H](OC3=Cc4c(cc(O)cc4O[C@@H]4O[C@H](CO)[C@@H](O)[C@H](O)[C@@H]4O)OC3c3ccc(O)c(O)c3)[C@@H](O)[C@H](O)[C@@H]2O)[C@H](O)[C@@H](O)[C@H]1OC(=O)/C=C/c1ccc(O)cc1. The first-order valence-corrected chi connectivity index (χ1v) is 19.9. The molecule has 4 heterocycles. The molecule has 0 radical (unpaired) electrons. The molecule has 64 heavy (non-hydrogen) atoms. The van der Waals surface area contributed by atoms with Crippen LogP contribution in [-0.2, 0) is 33.2 Å². The highest BCUT2D eigenvalue weighted by Crippen LogP contribution is 2.46. The first-order chi connectivity index (χ1) is 30.4. The molecule has 0 aromatic heterocycles. The third kappa shape index (κ3) is 9.84. The predicted molar refractivity (Wildman–Crippen MR) is 211 cm³/mol. The van der Waals surface area contributed by atoms with Gasteiger partial charge in [0.25, 0.3) is 0 Å². The minimum Gasteiger partial charge on any atom is -0.508 e. The number of aliphatic hydroxyl groups excluding tert-OH is 9. The molecule has 0 aliphatic carbocycles. The lowest BCUT2D eigenvalue weighted by molar-refractivity contribution is -0.325. The lowest BCUT2D eigenvalue weighted by Gasteiger charge is -2.43. The molecule has 3 fully saturated rings. The molecule has 22 nitrogen and oxygen atoms in total. The fraction of sp³-hybridized carbons (Fsp3) is 0.452. The lowest BCUT2D eigenvalue weighted by atomic mass is 9.98. The Bertz CT molecular complexity index is 2160. The van der Waals surface area contributed by atoms with Crippen molar-refractivity contribution in [3.05, 3.63) is 83.1 Å². The van der Waals surface area contributed by atoms with Crippen LogP contribution >= 0.6 is 0 Å². The summed E-state index contributed by atoms with van der Waals surface area (Å²) in [6.07, 6.45) is -22.8. The van der Waals surface area contributed by atoms with Crippen LogP contribution in [-0.4, -0.2) is 178 Å². The van der Waals surface area contributed by atoms with E-state index in [9.17, 15) is 71.2 Å². The van der Waals surface area contributed by atoms with Gasteiger partial charge in [-0.05, 0) is 48.9 Å². The quantitative estimate of drug-likeness (QED) is 0.0536. The number of phenols is 4. The standard InChI is InChI=1S/C42H48O22/c1-16-38(64-29(48)9-4-17-2-6-19(44)7-3-17)34(53)37(56)40(58-16)57-15-28-31(50)33(52)36(55)42(63-28)61-26-13-21-24(59-39(26)18-5-8-22(46)23(47)10-18)11-20(45)12-25(21)60-41-35(54)32(51)30(49)27(14-43)62-41/h2-13,16,27-28,30-47,49-56H,14-15H2,1H3/b9-4+/t16-,27+,28-,30+,31+,32-,33+,34+,35-,36-,37+,38-,39?,40+,41+,42+/m0/s1. The summed E-state index contributed by atoms with van der Waals surface area (Å²) in [6, 6.07) is 11.8. The summed E-state index contributed by atoms with van der Waals surface area (Å²) in [4.78, 5) is 12.6. The van der Waals surface area contributed by atoms with E-state index in [0.717, 1.165) is 30.3 Å². The molecule has 3 aromatic carbocycles. The van der Waals surface area contributed by atoms with Crippen molar-refractivity contribution in [3.63, 3.8) is 0 Å². The van der Waals surface area contributed by atoms with Gasteiger partial charge < -0.3 is 104 Å². The van der Waals surface area contributed by atoms with Crippen LogP contribution in [0.4, 0.5) is 0 Å². The maximum atomic E-state index is 12.6. The number of aliphatic hydroxyl groups is 9. The number of carbonyl (C=O) groups is 1. The molecule has 16 atom stereocenters. The molecular weight excluding hydrogens is 856 g/mol. The van der Waals surface area contributed by atoms with E-state index < -0.39 is 135 Å². The average Bonchev–Trinajstić information content (AvgIpc) is 3.27. The van der Waals surface area contributed by atoms with Gasteiger partial charge >= 0.3 is 5.97 Å². The van der Waals surface area contributed by atoms with Gasteiger partial charge in [0.2, 0.25) is 12.6 Å². The molecule has 4 aliphatic rings. The van der Waals surface area contributed by atoms with Crippen LogP contribution in [0.5, 0.6) is 34.5 Å². The van der Waals surface area contributed by atoms with Crippen LogP contribution in [0.2, 0.25) is 0 Å². The number of ether oxygens (including phenoxy) is 8. The third-order valence-corrected chi connectivity index (χ3v) is 11.0. The third-order valence-electron chi connectivity index (χ3n) is 11.0. The van der Waals surface area contributed by atoms with Crippen LogP contribution in [0.1, 0.15) is 29.7 Å². The van der Waals surface area contributed by atoms with Crippen molar-refractivity contribution < 1.29 is 109 Å². The maximum Gasteiger partial charge on any atom is 0.331 e. The smallest absolute Gasteiger partial charge is 0.331 e. The molecule has 0 saturated carbocycles. The van der Waals surface area contributed by atoms with Crippen molar-refractivity contribution in [3.8, 4) is 34.5 Å². The van der Waals surface area contributed by atoms with E-state index in [-0.39, 0.29) is 34.1 Å². The van der Waals surface area contributed by atoms with Crippen molar-refractivity contribution in [2.45, 2.75) is 105 Å². The molecule has 3 saturated heterocycles. The molecule has 4 aliphatic heterocycles. The molecule has 0 spiro atoms. The van der Waals surface area contributed by atoms with Gasteiger partial charge in [-0.15, -0.1) is 0 Å². The summed E-state index contributed by atoms with van der Waals surface area (Å²) in [6.45, 7) is 0.0137. The highest BCUT2D eigenvalue weighted by Gasteiger charge is 2.50. The highest BCUT2D eigenvalue weighted by molar-refractivity contribution is 5.87. The van der Waals surface area contributed by atoms with E-state index in [1.54, 1.807) is 12.1 Å². The second-order valence-corrected chi connectivity index (χ2v) is 15.4. The normalized spacial score (nSPS) is 35.2. The molecule has 7 rings (SSSR count). The number of fused-ring (bicyclic) bond motifs is 1. The molecule has 1 unspecified atom stereocenters. The van der Waals surface area contributed by atoms with E-state index in [1.165, 1.54) is 37.3 Å². The van der Waals surface area contributed by atoms with Gasteiger partial charge in [0, 0.05) is 23.8 Å². The molecule has 13 N–H and O–H groups in total. The Morgan fingerprint density at radius 1 is 0.672 bits per heavy atom. The Labute approximate surface area is 362 Å². The van der Waals surface area contributed by atoms with Crippen molar-refractivity contribution >= 4 is 18.1 Å². The molecule has 0 amide bonds. The zero-order valence-corrected chi connectivity index (χ0v) is 33.6. The summed E-state index contributed by atoms with van der Waals surface area (Å²) >= 11 is 0. The summed E-state index contributed by atoms with van der Waals surface area (Å²) in [5.74, 6) is -2.94. The van der Waals surface area contributed by atoms with Crippen molar-refractivity contribution in [1.29, 1.82) is 0 Å². The van der Waals surface area contributed by atoms with Gasteiger partial charge in [0.1, 0.15) is 89.8 Å². The first kappa shape index (κ1) is 46.7. The van der Waals surface area contributed by atoms with Crippen LogP contribution in [0.3, 0.4) is 0 Å². The zero-order valence-electron chi connectivity index (χ0n) is 33.6. The Morgan fingerprint density at radius 2 is 1.31 bits per heavy atom. The van der Waals surface area contributed by atoms with Gasteiger partial charge in [-0.25, -0.2) is 4.79 Å². The fourth-order valence-corrected chi connectivity index (χ4v) is 7.35.